The van der Waals surface area contributed by atoms with Crippen LogP contribution in [0.4, 0.5) is 0 Å². The van der Waals surface area contributed by atoms with Crippen LogP contribution in [-0.4, -0.2) is 21.7 Å². The highest BCUT2D eigenvalue weighted by Gasteiger charge is 2.33. The van der Waals surface area contributed by atoms with Crippen LogP contribution in [0.5, 0.6) is 0 Å². The third-order valence-corrected chi connectivity index (χ3v) is 3.28. The average molecular weight is 187 g/mol. The van der Waals surface area contributed by atoms with Crippen LogP contribution >= 0.6 is 0 Å². The molecule has 3 atom stereocenters. The summed E-state index contributed by atoms with van der Waals surface area (Å²) in [5, 5.41) is 18.6. The molecule has 0 amide bonds. The van der Waals surface area contributed by atoms with Crippen LogP contribution in [0, 0.1) is 17.8 Å². The topological polar surface area (TPSA) is 43.7 Å². The number of hydrogen-bond acceptors (Lipinski definition) is 3. The maximum absolute atomic E-state index is 9.10. The largest absolute Gasteiger partial charge is 0.289 e. The molecule has 0 aliphatic heterocycles. The second kappa shape index (κ2) is 4.40. The van der Waals surface area contributed by atoms with Gasteiger partial charge in [0.05, 0.1) is 6.04 Å². The monoisotopic (exact) mass is 187 g/mol. The first-order valence-corrected chi connectivity index (χ1v) is 5.19. The Balaban J connectivity index is 2.60. The smallest absolute Gasteiger partial charge is 0.0656 e. The van der Waals surface area contributed by atoms with Crippen molar-refractivity contribution in [2.24, 2.45) is 17.8 Å². The number of rotatable bonds is 2. The van der Waals surface area contributed by atoms with E-state index in [1.807, 2.05) is 0 Å². The van der Waals surface area contributed by atoms with Crippen molar-refractivity contribution in [2.75, 3.05) is 0 Å². The van der Waals surface area contributed by atoms with Gasteiger partial charge >= 0.3 is 0 Å². The molecular formula is C10H21NO2. The van der Waals surface area contributed by atoms with Crippen LogP contribution in [0.25, 0.3) is 0 Å². The Hall–Kier alpha value is -0.120. The van der Waals surface area contributed by atoms with E-state index in [1.165, 1.54) is 6.42 Å². The third-order valence-electron chi connectivity index (χ3n) is 3.28. The first-order chi connectivity index (χ1) is 6.02. The van der Waals surface area contributed by atoms with Crippen molar-refractivity contribution >= 4 is 0 Å². The summed E-state index contributed by atoms with van der Waals surface area (Å²) in [6, 6.07) is -0.0660. The van der Waals surface area contributed by atoms with Crippen molar-refractivity contribution in [2.45, 2.75) is 46.1 Å². The fraction of sp³-hybridized carbons (Fsp3) is 1.00. The molecule has 78 valence electrons. The quantitative estimate of drug-likeness (QED) is 0.653. The van der Waals surface area contributed by atoms with Gasteiger partial charge in [0.25, 0.3) is 0 Å². The molecule has 0 spiro atoms. The lowest BCUT2D eigenvalue weighted by Crippen LogP contribution is -2.42. The van der Waals surface area contributed by atoms with Crippen molar-refractivity contribution in [3.63, 3.8) is 0 Å². The summed E-state index contributed by atoms with van der Waals surface area (Å²) in [6.07, 6.45) is 3.23. The van der Waals surface area contributed by atoms with E-state index in [1.54, 1.807) is 0 Å². The zero-order chi connectivity index (χ0) is 10.0. The normalized spacial score (nSPS) is 35.8. The highest BCUT2D eigenvalue weighted by atomic mass is 16.8. The van der Waals surface area contributed by atoms with E-state index in [2.05, 4.69) is 20.8 Å². The Morgan fingerprint density at radius 3 is 2.31 bits per heavy atom. The Morgan fingerprint density at radius 2 is 1.85 bits per heavy atom. The molecule has 1 fully saturated rings. The van der Waals surface area contributed by atoms with Crippen LogP contribution in [0.1, 0.15) is 40.0 Å². The van der Waals surface area contributed by atoms with Crippen LogP contribution in [0.15, 0.2) is 0 Å². The molecular weight excluding hydrogens is 166 g/mol. The van der Waals surface area contributed by atoms with Gasteiger partial charge in [-0.15, -0.1) is 0 Å². The zero-order valence-electron chi connectivity index (χ0n) is 8.77. The molecule has 1 rings (SSSR count). The minimum absolute atomic E-state index is 0.0660. The summed E-state index contributed by atoms with van der Waals surface area (Å²) in [5.41, 5.74) is 0. The number of nitrogens with zero attached hydrogens (tertiary/aromatic N) is 1. The van der Waals surface area contributed by atoms with E-state index in [9.17, 15) is 0 Å². The van der Waals surface area contributed by atoms with E-state index in [-0.39, 0.29) is 6.04 Å². The summed E-state index contributed by atoms with van der Waals surface area (Å²) in [6.45, 7) is 6.47. The fourth-order valence-electron chi connectivity index (χ4n) is 2.42. The van der Waals surface area contributed by atoms with Gasteiger partial charge in [-0.25, -0.2) is 0 Å². The molecule has 1 aliphatic rings. The van der Waals surface area contributed by atoms with Crippen LogP contribution in [0.2, 0.25) is 0 Å². The summed E-state index contributed by atoms with van der Waals surface area (Å²) in [4.78, 5) is 0. The van der Waals surface area contributed by atoms with Gasteiger partial charge in [-0.05, 0) is 30.6 Å². The molecule has 1 saturated carbocycles. The van der Waals surface area contributed by atoms with Crippen molar-refractivity contribution in [1.82, 2.24) is 5.23 Å². The van der Waals surface area contributed by atoms with E-state index in [4.69, 9.17) is 10.4 Å². The molecule has 0 aromatic heterocycles. The molecule has 0 bridgehead atoms. The van der Waals surface area contributed by atoms with Crippen molar-refractivity contribution in [3.8, 4) is 0 Å². The van der Waals surface area contributed by atoms with E-state index in [0.29, 0.717) is 23.0 Å². The molecule has 13 heavy (non-hydrogen) atoms. The average Bonchev–Trinajstić information content (AvgIpc) is 2.03. The highest BCUT2D eigenvalue weighted by molar-refractivity contribution is 4.82. The van der Waals surface area contributed by atoms with Gasteiger partial charge in [0.1, 0.15) is 0 Å². The van der Waals surface area contributed by atoms with Gasteiger partial charge in [0, 0.05) is 0 Å². The van der Waals surface area contributed by atoms with Gasteiger partial charge in [0.15, 0.2) is 0 Å². The second-order valence-corrected chi connectivity index (χ2v) is 4.71. The predicted molar refractivity (Wildman–Crippen MR) is 50.5 cm³/mol. The van der Waals surface area contributed by atoms with E-state index in [0.717, 1.165) is 12.8 Å². The fourth-order valence-corrected chi connectivity index (χ4v) is 2.42. The predicted octanol–water partition coefficient (Wildman–Crippen LogP) is 2.53. The van der Waals surface area contributed by atoms with Crippen LogP contribution in [0.3, 0.4) is 0 Å². The SMILES string of the molecule is CC1CCC(C(C)C)C(N(O)O)C1. The van der Waals surface area contributed by atoms with Gasteiger partial charge in [-0.2, -0.15) is 0 Å². The van der Waals surface area contributed by atoms with Crippen LogP contribution in [-0.2, 0) is 0 Å². The first kappa shape index (κ1) is 11.0. The van der Waals surface area contributed by atoms with Crippen molar-refractivity contribution in [1.29, 1.82) is 0 Å². The van der Waals surface area contributed by atoms with E-state index >= 15 is 0 Å². The summed E-state index contributed by atoms with van der Waals surface area (Å²) < 4.78 is 0. The minimum Gasteiger partial charge on any atom is -0.289 e. The lowest BCUT2D eigenvalue weighted by atomic mass is 9.74. The van der Waals surface area contributed by atoms with Crippen molar-refractivity contribution < 1.29 is 10.4 Å². The van der Waals surface area contributed by atoms with Gasteiger partial charge in [0.2, 0.25) is 0 Å². The van der Waals surface area contributed by atoms with Gasteiger partial charge in [-0.3, -0.25) is 10.4 Å². The molecule has 3 heteroatoms. The maximum atomic E-state index is 9.10. The molecule has 0 radical (unpaired) electrons. The molecule has 2 N–H and O–H groups in total. The Bertz CT molecular complexity index is 159. The molecule has 0 saturated heterocycles. The molecule has 0 aromatic rings. The highest BCUT2D eigenvalue weighted by Crippen LogP contribution is 2.35. The van der Waals surface area contributed by atoms with Crippen LogP contribution < -0.4 is 0 Å². The number of hydrogen-bond donors (Lipinski definition) is 2. The molecule has 3 nitrogen and oxygen atoms in total. The lowest BCUT2D eigenvalue weighted by molar-refractivity contribution is -0.346. The van der Waals surface area contributed by atoms with Gasteiger partial charge < -0.3 is 0 Å². The van der Waals surface area contributed by atoms with E-state index < -0.39 is 0 Å². The first-order valence-electron chi connectivity index (χ1n) is 5.19. The lowest BCUT2D eigenvalue weighted by Gasteiger charge is -2.38. The second-order valence-electron chi connectivity index (χ2n) is 4.71. The molecule has 3 unspecified atom stereocenters. The molecule has 0 heterocycles. The molecule has 1 aliphatic carbocycles. The standard InChI is InChI=1S/C10H21NO2/c1-7(2)9-5-4-8(3)6-10(9)11(12)13/h7-10,12-13H,4-6H2,1-3H3. The minimum atomic E-state index is -0.0660. The Labute approximate surface area is 80.3 Å². The zero-order valence-corrected chi connectivity index (χ0v) is 8.77. The Morgan fingerprint density at radius 1 is 1.23 bits per heavy atom. The summed E-state index contributed by atoms with van der Waals surface area (Å²) in [7, 11) is 0. The maximum Gasteiger partial charge on any atom is 0.0656 e. The number of hydroxylamine groups is 2. The van der Waals surface area contributed by atoms with Gasteiger partial charge in [-0.1, -0.05) is 32.4 Å². The Kier molecular flexibility index (Phi) is 3.71. The third kappa shape index (κ3) is 2.66. The summed E-state index contributed by atoms with van der Waals surface area (Å²) in [5.74, 6) is 1.56. The molecule has 0 aromatic carbocycles. The van der Waals surface area contributed by atoms with Crippen molar-refractivity contribution in [3.05, 3.63) is 0 Å². The summed E-state index contributed by atoms with van der Waals surface area (Å²) >= 11 is 0.